The molecule has 0 saturated carbocycles. The van der Waals surface area contributed by atoms with E-state index in [-0.39, 0.29) is 11.8 Å². The van der Waals surface area contributed by atoms with E-state index in [4.69, 9.17) is 4.74 Å². The quantitative estimate of drug-likeness (QED) is 0.598. The molecule has 1 atom stereocenters. The molecule has 172 valence electrons. The van der Waals surface area contributed by atoms with Crippen LogP contribution in [0.25, 0.3) is 5.69 Å². The Kier molecular flexibility index (Phi) is 7.19. The SMILES string of the molecule is COC[C@H]1CCCN(C(=O)c2cccc(-n3cc(NC(=O)Cc4cccc(C)c4)cn3)c2)C1. The van der Waals surface area contributed by atoms with Gasteiger partial charge in [0.2, 0.25) is 5.91 Å². The number of nitrogens with one attached hydrogen (secondary N) is 1. The van der Waals surface area contributed by atoms with Gasteiger partial charge in [-0.25, -0.2) is 4.68 Å². The molecule has 1 aliphatic heterocycles. The van der Waals surface area contributed by atoms with Gasteiger partial charge in [-0.1, -0.05) is 35.9 Å². The van der Waals surface area contributed by atoms with Gasteiger partial charge in [0, 0.05) is 25.8 Å². The van der Waals surface area contributed by atoms with Crippen molar-refractivity contribution in [2.24, 2.45) is 5.92 Å². The Labute approximate surface area is 194 Å². The number of piperidine rings is 1. The minimum Gasteiger partial charge on any atom is -0.384 e. The van der Waals surface area contributed by atoms with Crippen LogP contribution in [-0.4, -0.2) is 53.3 Å². The van der Waals surface area contributed by atoms with Gasteiger partial charge in [-0.15, -0.1) is 0 Å². The number of carbonyl (C=O) groups excluding carboxylic acids is 2. The van der Waals surface area contributed by atoms with Crippen molar-refractivity contribution in [3.8, 4) is 5.69 Å². The van der Waals surface area contributed by atoms with Crippen LogP contribution in [0.1, 0.15) is 34.3 Å². The number of hydrogen-bond donors (Lipinski definition) is 1. The van der Waals surface area contributed by atoms with Gasteiger partial charge in [-0.3, -0.25) is 9.59 Å². The largest absolute Gasteiger partial charge is 0.384 e. The van der Waals surface area contributed by atoms with Crippen molar-refractivity contribution in [3.63, 3.8) is 0 Å². The number of benzene rings is 2. The lowest BCUT2D eigenvalue weighted by molar-refractivity contribution is -0.115. The molecule has 2 aromatic carbocycles. The van der Waals surface area contributed by atoms with Crippen molar-refractivity contribution in [3.05, 3.63) is 77.6 Å². The zero-order chi connectivity index (χ0) is 23.2. The molecule has 0 bridgehead atoms. The van der Waals surface area contributed by atoms with E-state index >= 15 is 0 Å². The number of carbonyl (C=O) groups is 2. The lowest BCUT2D eigenvalue weighted by atomic mass is 9.98. The number of rotatable bonds is 7. The Balaban J connectivity index is 1.41. The maximum atomic E-state index is 13.1. The van der Waals surface area contributed by atoms with Gasteiger partial charge in [0.15, 0.2) is 0 Å². The third kappa shape index (κ3) is 5.87. The summed E-state index contributed by atoms with van der Waals surface area (Å²) in [6, 6.07) is 15.3. The van der Waals surface area contributed by atoms with Gasteiger partial charge in [-0.05, 0) is 49.4 Å². The standard InChI is InChI=1S/C26H30N4O3/c1-19-6-3-7-20(12-19)13-25(31)28-23-15-27-30(17-23)24-10-4-9-22(14-24)26(32)29-11-5-8-21(16-29)18-33-2/h3-4,6-7,9-10,12,14-15,17,21H,5,8,11,13,16,18H2,1-2H3,(H,28,31)/t21-/m0/s1. The Bertz CT molecular complexity index is 1120. The fourth-order valence-electron chi connectivity index (χ4n) is 4.33. The second-order valence-corrected chi connectivity index (χ2v) is 8.65. The molecule has 7 nitrogen and oxygen atoms in total. The summed E-state index contributed by atoms with van der Waals surface area (Å²) in [7, 11) is 1.70. The highest BCUT2D eigenvalue weighted by atomic mass is 16.5. The molecule has 1 saturated heterocycles. The topological polar surface area (TPSA) is 76.5 Å². The summed E-state index contributed by atoms with van der Waals surface area (Å²) in [6.07, 6.45) is 5.75. The van der Waals surface area contributed by atoms with Gasteiger partial charge < -0.3 is 15.0 Å². The maximum Gasteiger partial charge on any atom is 0.253 e. The lowest BCUT2D eigenvalue weighted by Gasteiger charge is -2.32. The van der Waals surface area contributed by atoms with E-state index in [1.54, 1.807) is 24.2 Å². The molecule has 1 fully saturated rings. The average molecular weight is 447 g/mol. The monoisotopic (exact) mass is 446 g/mol. The zero-order valence-electron chi connectivity index (χ0n) is 19.2. The first-order chi connectivity index (χ1) is 16.0. The highest BCUT2D eigenvalue weighted by molar-refractivity contribution is 5.95. The third-order valence-corrected chi connectivity index (χ3v) is 5.88. The summed E-state index contributed by atoms with van der Waals surface area (Å²) < 4.78 is 6.95. The lowest BCUT2D eigenvalue weighted by Crippen LogP contribution is -2.41. The fraction of sp³-hybridized carbons (Fsp3) is 0.346. The van der Waals surface area contributed by atoms with Gasteiger partial charge in [0.1, 0.15) is 0 Å². The Hall–Kier alpha value is -3.45. The minimum atomic E-state index is -0.0974. The number of likely N-dealkylation sites (tertiary alicyclic amines) is 1. The highest BCUT2D eigenvalue weighted by Crippen LogP contribution is 2.20. The molecule has 1 aliphatic rings. The first kappa shape index (κ1) is 22.7. The van der Waals surface area contributed by atoms with Crippen LogP contribution in [0.2, 0.25) is 0 Å². The third-order valence-electron chi connectivity index (χ3n) is 5.88. The molecular weight excluding hydrogens is 416 g/mol. The molecule has 1 aromatic heterocycles. The molecule has 0 unspecified atom stereocenters. The smallest absolute Gasteiger partial charge is 0.253 e. The maximum absolute atomic E-state index is 13.1. The molecule has 2 heterocycles. The van der Waals surface area contributed by atoms with Crippen LogP contribution < -0.4 is 5.32 Å². The van der Waals surface area contributed by atoms with Crippen molar-refractivity contribution in [2.75, 3.05) is 32.1 Å². The van der Waals surface area contributed by atoms with E-state index in [2.05, 4.69) is 10.4 Å². The Morgan fingerprint density at radius 1 is 1.18 bits per heavy atom. The summed E-state index contributed by atoms with van der Waals surface area (Å²) in [6.45, 7) is 4.17. The number of aromatic nitrogens is 2. The molecule has 1 N–H and O–H groups in total. The van der Waals surface area contributed by atoms with Crippen LogP contribution in [0.5, 0.6) is 0 Å². The van der Waals surface area contributed by atoms with E-state index in [1.807, 2.05) is 60.4 Å². The number of amides is 2. The zero-order valence-corrected chi connectivity index (χ0v) is 19.2. The first-order valence-electron chi connectivity index (χ1n) is 11.3. The van der Waals surface area contributed by atoms with E-state index in [9.17, 15) is 9.59 Å². The first-order valence-corrected chi connectivity index (χ1v) is 11.3. The predicted octanol–water partition coefficient (Wildman–Crippen LogP) is 3.86. The number of nitrogens with zero attached hydrogens (tertiary/aromatic N) is 3. The van der Waals surface area contributed by atoms with Crippen LogP contribution >= 0.6 is 0 Å². The minimum absolute atomic E-state index is 0.0245. The predicted molar refractivity (Wildman–Crippen MR) is 128 cm³/mol. The van der Waals surface area contributed by atoms with Crippen LogP contribution in [0, 0.1) is 12.8 Å². The Morgan fingerprint density at radius 2 is 2.03 bits per heavy atom. The number of aryl methyl sites for hydroxylation is 1. The van der Waals surface area contributed by atoms with Crippen LogP contribution in [0.3, 0.4) is 0 Å². The highest BCUT2D eigenvalue weighted by Gasteiger charge is 2.24. The van der Waals surface area contributed by atoms with Crippen LogP contribution in [-0.2, 0) is 16.0 Å². The normalized spacial score (nSPS) is 15.9. The summed E-state index contributed by atoms with van der Waals surface area (Å²) in [5, 5.41) is 7.27. The van der Waals surface area contributed by atoms with E-state index in [0.717, 1.165) is 42.7 Å². The molecule has 7 heteroatoms. The van der Waals surface area contributed by atoms with Crippen LogP contribution in [0.15, 0.2) is 60.9 Å². The van der Waals surface area contributed by atoms with Crippen molar-refractivity contribution in [1.82, 2.24) is 14.7 Å². The van der Waals surface area contributed by atoms with Gasteiger partial charge in [0.25, 0.3) is 5.91 Å². The molecule has 33 heavy (non-hydrogen) atoms. The molecule has 3 aromatic rings. The molecule has 4 rings (SSSR count). The summed E-state index contributed by atoms with van der Waals surface area (Å²) >= 11 is 0. The summed E-state index contributed by atoms with van der Waals surface area (Å²) in [5.41, 5.74) is 4.11. The van der Waals surface area contributed by atoms with Gasteiger partial charge in [0.05, 0.1) is 36.8 Å². The van der Waals surface area contributed by atoms with Gasteiger partial charge in [-0.2, -0.15) is 5.10 Å². The van der Waals surface area contributed by atoms with Crippen molar-refractivity contribution in [2.45, 2.75) is 26.2 Å². The van der Waals surface area contributed by atoms with E-state index < -0.39 is 0 Å². The van der Waals surface area contributed by atoms with Crippen molar-refractivity contribution >= 4 is 17.5 Å². The van der Waals surface area contributed by atoms with Crippen LogP contribution in [0.4, 0.5) is 5.69 Å². The number of anilines is 1. The number of hydrogen-bond acceptors (Lipinski definition) is 4. The average Bonchev–Trinajstić information content (AvgIpc) is 3.27. The molecule has 2 amide bonds. The summed E-state index contributed by atoms with van der Waals surface area (Å²) in [5.74, 6) is 0.309. The molecule has 0 spiro atoms. The van der Waals surface area contributed by atoms with E-state index in [1.165, 1.54) is 0 Å². The van der Waals surface area contributed by atoms with Gasteiger partial charge >= 0.3 is 0 Å². The molecule has 0 radical (unpaired) electrons. The Morgan fingerprint density at radius 3 is 2.85 bits per heavy atom. The van der Waals surface area contributed by atoms with Crippen molar-refractivity contribution in [1.29, 1.82) is 0 Å². The second-order valence-electron chi connectivity index (χ2n) is 8.65. The van der Waals surface area contributed by atoms with Crippen molar-refractivity contribution < 1.29 is 14.3 Å². The fourth-order valence-corrected chi connectivity index (χ4v) is 4.33. The second kappa shape index (κ2) is 10.4. The van der Waals surface area contributed by atoms with E-state index in [0.29, 0.717) is 30.2 Å². The molecular formula is C26H30N4O3. The molecule has 0 aliphatic carbocycles. The number of methoxy groups -OCH3 is 1. The summed E-state index contributed by atoms with van der Waals surface area (Å²) in [4.78, 5) is 27.4. The number of ether oxygens (including phenoxy) is 1.